The molecule has 0 bridgehead atoms. The molecule has 16 heteroatoms. The third-order valence-electron chi connectivity index (χ3n) is 11.4. The minimum atomic E-state index is -0.531. The van der Waals surface area contributed by atoms with Crippen LogP contribution in [0.3, 0.4) is 0 Å². The van der Waals surface area contributed by atoms with Gasteiger partial charge in [0.15, 0.2) is 11.3 Å². The van der Waals surface area contributed by atoms with Gasteiger partial charge >= 0.3 is 0 Å². The van der Waals surface area contributed by atoms with Gasteiger partial charge in [-0.05, 0) is 72.8 Å². The van der Waals surface area contributed by atoms with Gasteiger partial charge in [0.25, 0.3) is 11.8 Å². The molecule has 0 fully saturated rings. The van der Waals surface area contributed by atoms with Crippen LogP contribution in [0.4, 0.5) is 0 Å². The molecule has 6 N–H and O–H groups in total. The van der Waals surface area contributed by atoms with Gasteiger partial charge in [-0.25, -0.2) is 19.0 Å². The van der Waals surface area contributed by atoms with E-state index < -0.39 is 11.8 Å². The molecule has 2 aliphatic heterocycles. The summed E-state index contributed by atoms with van der Waals surface area (Å²) in [6, 6.07) is 38.1. The number of primary amides is 2. The summed E-state index contributed by atoms with van der Waals surface area (Å²) >= 11 is 0. The van der Waals surface area contributed by atoms with Gasteiger partial charge in [-0.3, -0.25) is 29.6 Å². The maximum absolute atomic E-state index is 12.4. The summed E-state index contributed by atoms with van der Waals surface area (Å²) in [6.07, 6.45) is 8.21. The zero-order valence-electron chi connectivity index (χ0n) is 35.7. The van der Waals surface area contributed by atoms with E-state index >= 15 is 0 Å². The summed E-state index contributed by atoms with van der Waals surface area (Å²) in [4.78, 5) is 38.7. The maximum atomic E-state index is 12.4. The van der Waals surface area contributed by atoms with Crippen molar-refractivity contribution in [3.63, 3.8) is 0 Å². The Balaban J connectivity index is 0.000000166. The second kappa shape index (κ2) is 19.0. The van der Waals surface area contributed by atoms with Crippen molar-refractivity contribution >= 4 is 23.1 Å². The van der Waals surface area contributed by atoms with Crippen LogP contribution >= 0.6 is 0 Å². The lowest BCUT2D eigenvalue weighted by atomic mass is 10.1. The maximum Gasteiger partial charge on any atom is 0.254 e. The van der Waals surface area contributed by atoms with Crippen LogP contribution in [0.15, 0.2) is 133 Å². The number of nitrogens with one attached hydrogen (secondary N) is 2. The first kappa shape index (κ1) is 42.6. The van der Waals surface area contributed by atoms with Gasteiger partial charge in [-0.15, -0.1) is 0 Å². The van der Waals surface area contributed by atoms with Crippen LogP contribution in [0.25, 0.3) is 33.8 Å². The summed E-state index contributed by atoms with van der Waals surface area (Å²) in [6.45, 7) is 4.36. The number of ether oxygens (including phenoxy) is 2. The summed E-state index contributed by atoms with van der Waals surface area (Å²) < 4.78 is 15.5. The van der Waals surface area contributed by atoms with Gasteiger partial charge in [0.1, 0.15) is 34.1 Å². The normalized spacial score (nSPS) is 13.8. The Hall–Kier alpha value is -8.70. The number of nitriles is 2. The molecule has 6 heterocycles. The summed E-state index contributed by atoms with van der Waals surface area (Å²) in [5, 5.41) is 24.1. The number of hydrogen-bond donors (Lipinski definition) is 4. The molecular formula is C50H44N12O4. The highest BCUT2D eigenvalue weighted by atomic mass is 16.5. The molecule has 4 aromatic carbocycles. The first-order valence-electron chi connectivity index (χ1n) is 21.3. The van der Waals surface area contributed by atoms with E-state index in [1.54, 1.807) is 0 Å². The van der Waals surface area contributed by atoms with E-state index in [0.717, 1.165) is 71.3 Å². The number of para-hydroxylation sites is 2. The SMILES string of the molecule is N#C/C=C/CN1CCc2nc3c(C(N)=O)c(-c4ccc(Oc5ccccc5)cc4)[nH]n3c2C1.N#C/C=C\CN1CCc2nc3c(C(N)=O)c(-c4ccc(Oc5ccccc5)cc4)[nH]n3c2C1. The standard InChI is InChI=1S/2C25H22N6O2/c2*26-13-4-5-14-30-15-12-20-21(16-30)31-25(28-20)22(24(27)32)23(29-31)17-8-10-19(11-9-17)33-18-6-2-1-3-7-18/h2*1-11,29H,12,14-16H2,(H2,27,32)/b5-4+;5-4-. The number of allylic oxidation sites excluding steroid dienone is 2. The van der Waals surface area contributed by atoms with E-state index in [-0.39, 0.29) is 0 Å². The molecule has 0 spiro atoms. The average molecular weight is 877 g/mol. The van der Waals surface area contributed by atoms with Crippen LogP contribution in [-0.4, -0.2) is 77.0 Å². The van der Waals surface area contributed by atoms with Crippen LogP contribution in [0.5, 0.6) is 23.0 Å². The molecule has 16 nitrogen and oxygen atoms in total. The second-order valence-electron chi connectivity index (χ2n) is 15.7. The molecule has 2 amide bonds. The Labute approximate surface area is 379 Å². The lowest BCUT2D eigenvalue weighted by Gasteiger charge is -2.24. The van der Waals surface area contributed by atoms with Crippen LogP contribution in [0.1, 0.15) is 43.5 Å². The number of hydrogen-bond acceptors (Lipinski definition) is 10. The molecule has 8 aromatic rings. The number of carbonyl (C=O) groups excluding carboxylic acids is 2. The van der Waals surface area contributed by atoms with Crippen molar-refractivity contribution in [2.75, 3.05) is 26.2 Å². The predicted octanol–water partition coefficient (Wildman–Crippen LogP) is 7.32. The smallest absolute Gasteiger partial charge is 0.254 e. The largest absolute Gasteiger partial charge is 0.457 e. The number of benzene rings is 4. The van der Waals surface area contributed by atoms with E-state index in [4.69, 9.17) is 41.4 Å². The van der Waals surface area contributed by atoms with E-state index in [2.05, 4.69) is 20.0 Å². The molecule has 66 heavy (non-hydrogen) atoms. The number of imidazole rings is 2. The molecule has 0 saturated heterocycles. The quantitative estimate of drug-likeness (QED) is 0.0895. The Morgan fingerprint density at radius 2 is 0.970 bits per heavy atom. The number of aromatic amines is 2. The molecule has 328 valence electrons. The molecule has 0 aliphatic carbocycles. The molecular weight excluding hydrogens is 833 g/mol. The zero-order chi connectivity index (χ0) is 45.6. The third kappa shape index (κ3) is 8.91. The van der Waals surface area contributed by atoms with Gasteiger partial charge in [-0.1, -0.05) is 48.6 Å². The molecule has 4 aromatic heterocycles. The lowest BCUT2D eigenvalue weighted by molar-refractivity contribution is 0.0993. The van der Waals surface area contributed by atoms with Crippen molar-refractivity contribution in [3.8, 4) is 57.7 Å². The van der Waals surface area contributed by atoms with E-state index in [9.17, 15) is 9.59 Å². The lowest BCUT2D eigenvalue weighted by Crippen LogP contribution is -2.31. The van der Waals surface area contributed by atoms with Gasteiger partial charge in [0, 0.05) is 75.4 Å². The van der Waals surface area contributed by atoms with Crippen molar-refractivity contribution in [2.24, 2.45) is 11.5 Å². The molecule has 0 unspecified atom stereocenters. The Morgan fingerprint density at radius 3 is 1.33 bits per heavy atom. The fraction of sp³-hybridized carbons (Fsp3) is 0.160. The average Bonchev–Trinajstić information content (AvgIpc) is 4.09. The zero-order valence-corrected chi connectivity index (χ0v) is 35.7. The number of aromatic nitrogens is 6. The van der Waals surface area contributed by atoms with Crippen molar-refractivity contribution < 1.29 is 19.1 Å². The van der Waals surface area contributed by atoms with Crippen LogP contribution in [0.2, 0.25) is 0 Å². The molecule has 0 saturated carbocycles. The van der Waals surface area contributed by atoms with Gasteiger partial charge in [0.2, 0.25) is 0 Å². The minimum Gasteiger partial charge on any atom is -0.457 e. The number of H-pyrrole nitrogens is 2. The van der Waals surface area contributed by atoms with E-state index in [1.807, 2.05) is 143 Å². The number of carbonyl (C=O) groups is 2. The van der Waals surface area contributed by atoms with Crippen molar-refractivity contribution in [3.05, 3.63) is 167 Å². The molecule has 0 atom stereocenters. The van der Waals surface area contributed by atoms with Crippen molar-refractivity contribution in [1.29, 1.82) is 10.5 Å². The second-order valence-corrected chi connectivity index (χ2v) is 15.7. The van der Waals surface area contributed by atoms with Gasteiger partial charge in [0.05, 0.1) is 46.3 Å². The van der Waals surface area contributed by atoms with Crippen LogP contribution < -0.4 is 20.9 Å². The topological polar surface area (TPSA) is 225 Å². The summed E-state index contributed by atoms with van der Waals surface area (Å²) in [5.41, 5.74) is 20.2. The predicted molar refractivity (Wildman–Crippen MR) is 247 cm³/mol. The first-order chi connectivity index (χ1) is 32.3. The number of rotatable bonds is 12. The summed E-state index contributed by atoms with van der Waals surface area (Å²) in [5.74, 6) is 1.83. The highest BCUT2D eigenvalue weighted by Gasteiger charge is 2.29. The van der Waals surface area contributed by atoms with Crippen molar-refractivity contribution in [2.45, 2.75) is 25.9 Å². The molecule has 10 rings (SSSR count). The Bertz CT molecular complexity index is 2970. The monoisotopic (exact) mass is 876 g/mol. The third-order valence-corrected chi connectivity index (χ3v) is 11.4. The Morgan fingerprint density at radius 1 is 0.591 bits per heavy atom. The Kier molecular flexibility index (Phi) is 12.2. The minimum absolute atomic E-state index is 0.372. The first-order valence-corrected chi connectivity index (χ1v) is 21.3. The van der Waals surface area contributed by atoms with E-state index in [0.29, 0.717) is 71.5 Å². The fourth-order valence-electron chi connectivity index (χ4n) is 8.30. The number of amides is 2. The van der Waals surface area contributed by atoms with Crippen LogP contribution in [-0.2, 0) is 25.9 Å². The van der Waals surface area contributed by atoms with Gasteiger partial charge < -0.3 is 20.9 Å². The number of nitrogens with two attached hydrogens (primary N) is 2. The van der Waals surface area contributed by atoms with Crippen LogP contribution in [0, 0.1) is 22.7 Å². The highest BCUT2D eigenvalue weighted by Crippen LogP contribution is 2.33. The summed E-state index contributed by atoms with van der Waals surface area (Å²) in [7, 11) is 0. The van der Waals surface area contributed by atoms with Crippen molar-refractivity contribution in [1.82, 2.24) is 39.0 Å². The highest BCUT2D eigenvalue weighted by molar-refractivity contribution is 6.05. The van der Waals surface area contributed by atoms with Gasteiger partial charge in [-0.2, -0.15) is 10.5 Å². The fourth-order valence-corrected chi connectivity index (χ4v) is 8.30. The van der Waals surface area contributed by atoms with E-state index in [1.165, 1.54) is 12.2 Å². The molecule has 2 aliphatic rings. The number of nitrogens with zero attached hydrogens (tertiary/aromatic N) is 8. The molecule has 0 radical (unpaired) electrons. The number of fused-ring (bicyclic) bond motifs is 6.